The average molecular weight is 308 g/mol. The van der Waals surface area contributed by atoms with Crippen LogP contribution in [0, 0.1) is 11.6 Å². The van der Waals surface area contributed by atoms with Crippen molar-refractivity contribution < 1.29 is 8.78 Å². The highest BCUT2D eigenvalue weighted by molar-refractivity contribution is 6.31. The molecule has 6 heteroatoms. The van der Waals surface area contributed by atoms with Crippen molar-refractivity contribution in [1.29, 1.82) is 0 Å². The molecule has 0 radical (unpaired) electrons. The highest BCUT2D eigenvalue weighted by Gasteiger charge is 2.11. The molecule has 0 spiro atoms. The van der Waals surface area contributed by atoms with E-state index in [9.17, 15) is 8.78 Å². The van der Waals surface area contributed by atoms with Crippen molar-refractivity contribution in [1.82, 2.24) is 9.55 Å². The molecule has 0 saturated carbocycles. The summed E-state index contributed by atoms with van der Waals surface area (Å²) in [5.74, 6) is -0.482. The number of nitrogens with zero attached hydrogens (tertiary/aromatic N) is 2. The largest absolute Gasteiger partial charge is 0.369 e. The van der Waals surface area contributed by atoms with E-state index in [1.807, 2.05) is 0 Å². The lowest BCUT2D eigenvalue weighted by atomic mass is 10.1. The lowest BCUT2D eigenvalue weighted by molar-refractivity contribution is 0.624. The van der Waals surface area contributed by atoms with Gasteiger partial charge in [-0.05, 0) is 30.2 Å². The van der Waals surface area contributed by atoms with Crippen LogP contribution in [0.25, 0.3) is 11.0 Å². The van der Waals surface area contributed by atoms with Crippen LogP contribution in [0.3, 0.4) is 0 Å². The zero-order chi connectivity index (χ0) is 15.0. The summed E-state index contributed by atoms with van der Waals surface area (Å²) in [5, 5.41) is 0.0192. The predicted molar refractivity (Wildman–Crippen MR) is 79.2 cm³/mol. The van der Waals surface area contributed by atoms with Crippen LogP contribution < -0.4 is 5.73 Å². The molecule has 0 amide bonds. The molecule has 0 unspecified atom stereocenters. The molecule has 0 aliphatic heterocycles. The number of benzene rings is 2. The van der Waals surface area contributed by atoms with Crippen molar-refractivity contribution in [3.05, 3.63) is 58.6 Å². The summed E-state index contributed by atoms with van der Waals surface area (Å²) in [6, 6.07) is 9.02. The molecular weight excluding hydrogens is 296 g/mol. The second-order valence-corrected chi connectivity index (χ2v) is 5.16. The molecule has 1 heterocycles. The topological polar surface area (TPSA) is 43.8 Å². The Hall–Kier alpha value is -2.14. The Kier molecular flexibility index (Phi) is 3.51. The summed E-state index contributed by atoms with van der Waals surface area (Å²) >= 11 is 5.74. The Labute approximate surface area is 125 Å². The van der Waals surface area contributed by atoms with E-state index in [-0.39, 0.29) is 10.8 Å². The van der Waals surface area contributed by atoms with Crippen molar-refractivity contribution in [3.8, 4) is 0 Å². The van der Waals surface area contributed by atoms with Crippen LogP contribution in [0.2, 0.25) is 5.02 Å². The molecule has 108 valence electrons. The molecule has 0 atom stereocenters. The molecule has 0 aliphatic carbocycles. The number of hydrogen-bond donors (Lipinski definition) is 1. The fraction of sp³-hybridized carbons (Fsp3) is 0.133. The molecule has 3 rings (SSSR count). The number of halogens is 3. The van der Waals surface area contributed by atoms with Gasteiger partial charge in [0, 0.05) is 12.6 Å². The molecule has 0 bridgehead atoms. The number of nitrogens with two attached hydrogens (primary N) is 1. The molecule has 0 fully saturated rings. The van der Waals surface area contributed by atoms with Gasteiger partial charge in [-0.1, -0.05) is 23.7 Å². The maximum Gasteiger partial charge on any atom is 0.201 e. The van der Waals surface area contributed by atoms with Crippen molar-refractivity contribution in [3.63, 3.8) is 0 Å². The van der Waals surface area contributed by atoms with E-state index in [0.717, 1.165) is 5.56 Å². The molecule has 0 aliphatic rings. The maximum atomic E-state index is 13.6. The number of aromatic nitrogens is 2. The monoisotopic (exact) mass is 307 g/mol. The third kappa shape index (κ3) is 2.69. The Bertz CT molecular complexity index is 797. The summed E-state index contributed by atoms with van der Waals surface area (Å²) in [5.41, 5.74) is 7.98. The normalized spacial score (nSPS) is 11.2. The number of aryl methyl sites for hydroxylation is 2. The minimum Gasteiger partial charge on any atom is -0.369 e. The first kappa shape index (κ1) is 13.8. The van der Waals surface area contributed by atoms with E-state index < -0.39 is 5.82 Å². The van der Waals surface area contributed by atoms with Gasteiger partial charge in [-0.3, -0.25) is 0 Å². The van der Waals surface area contributed by atoms with E-state index >= 15 is 0 Å². The van der Waals surface area contributed by atoms with E-state index in [1.54, 1.807) is 16.7 Å². The van der Waals surface area contributed by atoms with Gasteiger partial charge in [-0.25, -0.2) is 13.8 Å². The third-order valence-corrected chi connectivity index (χ3v) is 3.65. The van der Waals surface area contributed by atoms with Crippen molar-refractivity contribution in [2.75, 3.05) is 5.73 Å². The Morgan fingerprint density at radius 1 is 1.14 bits per heavy atom. The fourth-order valence-corrected chi connectivity index (χ4v) is 2.42. The van der Waals surface area contributed by atoms with Gasteiger partial charge in [0.2, 0.25) is 5.95 Å². The van der Waals surface area contributed by atoms with Crippen LogP contribution in [-0.2, 0) is 13.0 Å². The molecule has 2 aromatic carbocycles. The van der Waals surface area contributed by atoms with Gasteiger partial charge in [0.05, 0.1) is 16.1 Å². The van der Waals surface area contributed by atoms with Crippen LogP contribution in [0.15, 0.2) is 36.4 Å². The number of imidazole rings is 1. The summed E-state index contributed by atoms with van der Waals surface area (Å²) in [6.07, 6.45) is 0.639. The van der Waals surface area contributed by atoms with Gasteiger partial charge in [-0.2, -0.15) is 0 Å². The van der Waals surface area contributed by atoms with Gasteiger partial charge in [0.15, 0.2) is 0 Å². The smallest absolute Gasteiger partial charge is 0.201 e. The van der Waals surface area contributed by atoms with E-state index in [4.69, 9.17) is 17.3 Å². The Morgan fingerprint density at radius 3 is 2.57 bits per heavy atom. The lowest BCUT2D eigenvalue weighted by Crippen LogP contribution is -2.05. The first-order valence-electron chi connectivity index (χ1n) is 6.40. The average Bonchev–Trinajstić information content (AvgIpc) is 2.74. The van der Waals surface area contributed by atoms with Crippen molar-refractivity contribution in [2.45, 2.75) is 13.0 Å². The van der Waals surface area contributed by atoms with Crippen LogP contribution in [0.1, 0.15) is 5.56 Å². The summed E-state index contributed by atoms with van der Waals surface area (Å²) in [6.45, 7) is 0.523. The van der Waals surface area contributed by atoms with Gasteiger partial charge in [0.25, 0.3) is 0 Å². The zero-order valence-corrected chi connectivity index (χ0v) is 11.7. The SMILES string of the molecule is Nc1nc2cc(Cl)c(F)cc2n1CCc1ccc(F)cc1. The number of nitrogen functional groups attached to an aromatic ring is 1. The quantitative estimate of drug-likeness (QED) is 0.800. The molecule has 3 aromatic rings. The van der Waals surface area contributed by atoms with Gasteiger partial charge in [0.1, 0.15) is 11.6 Å². The summed E-state index contributed by atoms with van der Waals surface area (Å²) in [7, 11) is 0. The highest BCUT2D eigenvalue weighted by atomic mass is 35.5. The van der Waals surface area contributed by atoms with Gasteiger partial charge < -0.3 is 10.3 Å². The first-order chi connectivity index (χ1) is 10.0. The van der Waals surface area contributed by atoms with E-state index in [1.165, 1.54) is 24.3 Å². The third-order valence-electron chi connectivity index (χ3n) is 3.36. The number of rotatable bonds is 3. The van der Waals surface area contributed by atoms with Crippen molar-refractivity contribution in [2.24, 2.45) is 0 Å². The minimum atomic E-state index is -0.507. The van der Waals surface area contributed by atoms with Crippen LogP contribution >= 0.6 is 11.6 Å². The maximum absolute atomic E-state index is 13.6. The van der Waals surface area contributed by atoms with Gasteiger partial charge in [-0.15, -0.1) is 0 Å². The molecule has 21 heavy (non-hydrogen) atoms. The number of fused-ring (bicyclic) bond motifs is 1. The standard InChI is InChI=1S/C15H12ClF2N3/c16-11-7-13-14(8-12(11)18)21(15(19)20-13)6-5-9-1-3-10(17)4-2-9/h1-4,7-8H,5-6H2,(H2,19,20). The van der Waals surface area contributed by atoms with Gasteiger partial charge >= 0.3 is 0 Å². The summed E-state index contributed by atoms with van der Waals surface area (Å²) < 4.78 is 28.2. The lowest BCUT2D eigenvalue weighted by Gasteiger charge is -2.07. The highest BCUT2D eigenvalue weighted by Crippen LogP contribution is 2.25. The molecule has 1 aromatic heterocycles. The molecule has 3 nitrogen and oxygen atoms in total. The second-order valence-electron chi connectivity index (χ2n) is 4.75. The molecular formula is C15H12ClF2N3. The first-order valence-corrected chi connectivity index (χ1v) is 6.77. The zero-order valence-electron chi connectivity index (χ0n) is 11.0. The number of hydrogen-bond acceptors (Lipinski definition) is 2. The Morgan fingerprint density at radius 2 is 1.86 bits per heavy atom. The Balaban J connectivity index is 1.91. The predicted octanol–water partition coefficient (Wildman–Crippen LogP) is 3.79. The van der Waals surface area contributed by atoms with Crippen LogP contribution in [-0.4, -0.2) is 9.55 Å². The van der Waals surface area contributed by atoms with Crippen molar-refractivity contribution >= 4 is 28.6 Å². The van der Waals surface area contributed by atoms with Crippen LogP contribution in [0.4, 0.5) is 14.7 Å². The number of anilines is 1. The fourth-order valence-electron chi connectivity index (χ4n) is 2.27. The van der Waals surface area contributed by atoms with E-state index in [2.05, 4.69) is 4.98 Å². The van der Waals surface area contributed by atoms with Crippen LogP contribution in [0.5, 0.6) is 0 Å². The van der Waals surface area contributed by atoms with E-state index in [0.29, 0.717) is 29.9 Å². The molecule has 0 saturated heterocycles. The summed E-state index contributed by atoms with van der Waals surface area (Å²) in [4.78, 5) is 4.17. The second kappa shape index (κ2) is 5.33. The molecule has 2 N–H and O–H groups in total. The minimum absolute atomic E-state index is 0.0192.